The molecule has 0 bridgehead atoms. The number of rotatable bonds is 13. The average Bonchev–Trinajstić information content (AvgIpc) is 2.98. The standard InChI is InChI=1S/C32H32ClNO6S/c1-23(35)39-40-28-13-6-14-30(22-28)41(37,38)29-17-15-24(16-18-29)10-7-19-34-31(20-25-8-3-2-4-9-25)32(36)26-11-5-12-27(33)21-26/h2-6,8-9,11-18,21-22,31-32,34,36H,7,10,19-20H2,1H3/t31?,32-/m1/s1. The van der Waals surface area contributed by atoms with Gasteiger partial charge in [-0.2, -0.15) is 0 Å². The van der Waals surface area contributed by atoms with Crippen LogP contribution in [-0.4, -0.2) is 32.1 Å². The molecular formula is C32H32ClNO6S. The van der Waals surface area contributed by atoms with Gasteiger partial charge in [-0.1, -0.05) is 72.3 Å². The highest BCUT2D eigenvalue weighted by Crippen LogP contribution is 2.26. The second kappa shape index (κ2) is 14.3. The van der Waals surface area contributed by atoms with E-state index in [0.717, 1.165) is 29.5 Å². The normalized spacial score (nSPS) is 12.9. The average molecular weight is 594 g/mol. The molecule has 4 rings (SSSR count). The largest absolute Gasteiger partial charge is 0.387 e. The molecule has 0 fully saturated rings. The van der Waals surface area contributed by atoms with Gasteiger partial charge in [0.1, 0.15) is 0 Å². The minimum absolute atomic E-state index is 0.0295. The maximum absolute atomic E-state index is 13.1. The Morgan fingerprint density at radius 3 is 2.32 bits per heavy atom. The van der Waals surface area contributed by atoms with E-state index < -0.39 is 21.9 Å². The quantitative estimate of drug-likeness (QED) is 0.113. The summed E-state index contributed by atoms with van der Waals surface area (Å²) < 4.78 is 26.2. The van der Waals surface area contributed by atoms with Crippen LogP contribution in [0.5, 0.6) is 5.75 Å². The number of hydrogen-bond donors (Lipinski definition) is 2. The summed E-state index contributed by atoms with van der Waals surface area (Å²) in [6.45, 7) is 1.84. The SMILES string of the molecule is CC(=O)OOc1cccc(S(=O)(=O)c2ccc(CCCNC(Cc3ccccc3)[C@H](O)c3cccc(Cl)c3)cc2)c1. The highest BCUT2D eigenvalue weighted by atomic mass is 35.5. The molecule has 214 valence electrons. The zero-order valence-corrected chi connectivity index (χ0v) is 24.1. The third-order valence-electron chi connectivity index (χ3n) is 6.52. The summed E-state index contributed by atoms with van der Waals surface area (Å²) in [4.78, 5) is 20.5. The minimum Gasteiger partial charge on any atom is -0.387 e. The van der Waals surface area contributed by atoms with Crippen LogP contribution >= 0.6 is 11.6 Å². The number of carbonyl (C=O) groups excluding carboxylic acids is 1. The van der Waals surface area contributed by atoms with Crippen molar-refractivity contribution >= 4 is 27.4 Å². The van der Waals surface area contributed by atoms with Gasteiger partial charge in [-0.25, -0.2) is 13.2 Å². The molecule has 2 N–H and O–H groups in total. The van der Waals surface area contributed by atoms with Gasteiger partial charge in [0.05, 0.1) is 15.9 Å². The molecule has 1 unspecified atom stereocenters. The van der Waals surface area contributed by atoms with Gasteiger partial charge in [-0.15, -0.1) is 0 Å². The Bertz CT molecular complexity index is 1540. The third kappa shape index (κ3) is 8.65. The first-order valence-electron chi connectivity index (χ1n) is 13.2. The number of sulfone groups is 1. The smallest absolute Gasteiger partial charge is 0.352 e. The Hall–Kier alpha value is -3.69. The van der Waals surface area contributed by atoms with Crippen molar-refractivity contribution in [2.45, 2.75) is 48.1 Å². The molecule has 2 atom stereocenters. The lowest BCUT2D eigenvalue weighted by atomic mass is 9.96. The lowest BCUT2D eigenvalue weighted by Gasteiger charge is -2.25. The summed E-state index contributed by atoms with van der Waals surface area (Å²) in [5.41, 5.74) is 2.87. The van der Waals surface area contributed by atoms with Gasteiger partial charge in [0.15, 0.2) is 5.75 Å². The molecule has 0 aromatic heterocycles. The van der Waals surface area contributed by atoms with Gasteiger partial charge in [0.2, 0.25) is 9.84 Å². The summed E-state index contributed by atoms with van der Waals surface area (Å²) in [7, 11) is -3.79. The summed E-state index contributed by atoms with van der Waals surface area (Å²) in [6.07, 6.45) is 1.42. The predicted octanol–water partition coefficient (Wildman–Crippen LogP) is 5.90. The van der Waals surface area contributed by atoms with E-state index in [1.807, 2.05) is 42.5 Å². The van der Waals surface area contributed by atoms with Crippen LogP contribution in [-0.2, 0) is 32.4 Å². The Balaban J connectivity index is 1.36. The van der Waals surface area contributed by atoms with Crippen molar-refractivity contribution < 1.29 is 28.1 Å². The van der Waals surface area contributed by atoms with Crippen LogP contribution in [0.3, 0.4) is 0 Å². The molecule has 0 heterocycles. The van der Waals surface area contributed by atoms with Crippen LogP contribution in [0.25, 0.3) is 0 Å². The van der Waals surface area contributed by atoms with E-state index >= 15 is 0 Å². The topological polar surface area (TPSA) is 102 Å². The molecule has 4 aromatic carbocycles. The number of aliphatic hydroxyl groups excluding tert-OH is 1. The van der Waals surface area contributed by atoms with Gasteiger partial charge in [-0.3, -0.25) is 9.78 Å². The number of aryl methyl sites for hydroxylation is 1. The maximum Gasteiger partial charge on any atom is 0.352 e. The number of carbonyl (C=O) groups is 1. The van der Waals surface area contributed by atoms with Gasteiger partial charge in [0.25, 0.3) is 0 Å². The van der Waals surface area contributed by atoms with Crippen LogP contribution in [0.15, 0.2) is 113 Å². The first-order valence-corrected chi connectivity index (χ1v) is 15.1. The Morgan fingerprint density at radius 1 is 0.878 bits per heavy atom. The van der Waals surface area contributed by atoms with E-state index in [1.165, 1.54) is 31.2 Å². The van der Waals surface area contributed by atoms with E-state index in [2.05, 4.69) is 10.2 Å². The Morgan fingerprint density at radius 2 is 1.61 bits per heavy atom. The number of hydrogen-bond acceptors (Lipinski definition) is 7. The number of aliphatic hydroxyl groups is 1. The monoisotopic (exact) mass is 593 g/mol. The first kappa shape index (κ1) is 30.3. The Labute approximate surface area is 245 Å². The molecule has 0 saturated heterocycles. The van der Waals surface area contributed by atoms with E-state index in [9.17, 15) is 18.3 Å². The van der Waals surface area contributed by atoms with Crippen LogP contribution < -0.4 is 10.2 Å². The minimum atomic E-state index is -3.79. The summed E-state index contributed by atoms with van der Waals surface area (Å²) >= 11 is 6.16. The second-order valence-electron chi connectivity index (χ2n) is 9.63. The molecule has 4 aromatic rings. The fourth-order valence-corrected chi connectivity index (χ4v) is 5.93. The second-order valence-corrected chi connectivity index (χ2v) is 12.0. The Kier molecular flexibility index (Phi) is 10.5. The molecule has 0 saturated carbocycles. The van der Waals surface area contributed by atoms with Crippen molar-refractivity contribution in [1.29, 1.82) is 0 Å². The fraction of sp³-hybridized carbons (Fsp3) is 0.219. The third-order valence-corrected chi connectivity index (χ3v) is 8.53. The van der Waals surface area contributed by atoms with Crippen LogP contribution in [0.4, 0.5) is 0 Å². The zero-order valence-electron chi connectivity index (χ0n) is 22.6. The zero-order chi connectivity index (χ0) is 29.2. The van der Waals surface area contributed by atoms with Crippen molar-refractivity contribution in [3.63, 3.8) is 0 Å². The van der Waals surface area contributed by atoms with Crippen molar-refractivity contribution in [2.24, 2.45) is 0 Å². The molecule has 41 heavy (non-hydrogen) atoms. The van der Waals surface area contributed by atoms with Crippen LogP contribution in [0, 0.1) is 0 Å². The summed E-state index contributed by atoms with van der Waals surface area (Å²) in [6, 6.07) is 29.6. The predicted molar refractivity (Wildman–Crippen MR) is 157 cm³/mol. The van der Waals surface area contributed by atoms with E-state index in [0.29, 0.717) is 18.0 Å². The molecule has 0 radical (unpaired) electrons. The lowest BCUT2D eigenvalue weighted by Crippen LogP contribution is -2.37. The van der Waals surface area contributed by atoms with E-state index in [4.69, 9.17) is 16.5 Å². The molecule has 7 nitrogen and oxygen atoms in total. The van der Waals surface area contributed by atoms with Gasteiger partial charge in [0, 0.05) is 24.1 Å². The number of benzene rings is 4. The number of nitrogens with one attached hydrogen (secondary N) is 1. The van der Waals surface area contributed by atoms with Crippen molar-refractivity contribution in [3.8, 4) is 5.75 Å². The van der Waals surface area contributed by atoms with Crippen molar-refractivity contribution in [2.75, 3.05) is 6.54 Å². The molecule has 0 amide bonds. The van der Waals surface area contributed by atoms with E-state index in [1.54, 1.807) is 36.4 Å². The fourth-order valence-electron chi connectivity index (χ4n) is 4.44. The highest BCUT2D eigenvalue weighted by Gasteiger charge is 2.22. The lowest BCUT2D eigenvalue weighted by molar-refractivity contribution is -0.210. The van der Waals surface area contributed by atoms with Gasteiger partial charge < -0.3 is 10.4 Å². The van der Waals surface area contributed by atoms with E-state index in [-0.39, 0.29) is 21.6 Å². The molecule has 9 heteroatoms. The number of halogens is 1. The molecular weight excluding hydrogens is 562 g/mol. The maximum atomic E-state index is 13.1. The van der Waals surface area contributed by atoms with Gasteiger partial charge >= 0.3 is 5.97 Å². The summed E-state index contributed by atoms with van der Waals surface area (Å²) in [5.74, 6) is -0.538. The van der Waals surface area contributed by atoms with Crippen molar-refractivity contribution in [1.82, 2.24) is 5.32 Å². The van der Waals surface area contributed by atoms with Crippen molar-refractivity contribution in [3.05, 3.63) is 125 Å². The summed E-state index contributed by atoms with van der Waals surface area (Å²) in [5, 5.41) is 15.2. The molecule has 0 spiro atoms. The molecule has 0 aliphatic heterocycles. The first-order chi connectivity index (χ1) is 19.7. The molecule has 0 aliphatic rings. The molecule has 0 aliphatic carbocycles. The van der Waals surface area contributed by atoms with Gasteiger partial charge in [-0.05, 0) is 78.9 Å². The van der Waals surface area contributed by atoms with Crippen LogP contribution in [0.1, 0.15) is 36.1 Å². The highest BCUT2D eigenvalue weighted by molar-refractivity contribution is 7.91. The van der Waals surface area contributed by atoms with Crippen LogP contribution in [0.2, 0.25) is 5.02 Å².